The summed E-state index contributed by atoms with van der Waals surface area (Å²) in [5.41, 5.74) is 4.44. The first-order chi connectivity index (χ1) is 12.8. The van der Waals surface area contributed by atoms with E-state index in [1.54, 1.807) is 15.4 Å². The zero-order valence-corrected chi connectivity index (χ0v) is 15.3. The lowest BCUT2D eigenvalue weighted by Gasteiger charge is -2.12. The first kappa shape index (κ1) is 16.8. The average molecular weight is 363 g/mol. The molecule has 0 N–H and O–H groups in total. The van der Waals surface area contributed by atoms with E-state index in [1.807, 2.05) is 39.8 Å². The second-order valence-electron chi connectivity index (χ2n) is 6.48. The van der Waals surface area contributed by atoms with Crippen LogP contribution in [0, 0.1) is 37.8 Å². The Kier molecular flexibility index (Phi) is 3.72. The Labute approximate surface area is 154 Å². The predicted octanol–water partition coefficient (Wildman–Crippen LogP) is 3.14. The van der Waals surface area contributed by atoms with Crippen molar-refractivity contribution in [3.05, 3.63) is 63.2 Å². The van der Waals surface area contributed by atoms with Crippen LogP contribution >= 0.6 is 0 Å². The lowest BCUT2D eigenvalue weighted by molar-refractivity contribution is -0.384. The Bertz CT molecular complexity index is 1210. The molecule has 0 saturated heterocycles. The van der Waals surface area contributed by atoms with E-state index in [9.17, 15) is 10.1 Å². The van der Waals surface area contributed by atoms with Crippen molar-refractivity contribution in [2.75, 3.05) is 0 Å². The molecule has 3 heterocycles. The Morgan fingerprint density at radius 3 is 1.78 bits per heavy atom. The second kappa shape index (κ2) is 5.97. The highest BCUT2D eigenvalue weighted by Gasteiger charge is 2.19. The zero-order chi connectivity index (χ0) is 19.3. The van der Waals surface area contributed by atoms with Gasteiger partial charge in [0.2, 0.25) is 0 Å². The lowest BCUT2D eigenvalue weighted by Crippen LogP contribution is -2.13. The number of hydrogen-bond donors (Lipinski definition) is 0. The number of fused-ring (bicyclic) bond motifs is 1. The third-order valence-electron chi connectivity index (χ3n) is 4.24. The van der Waals surface area contributed by atoms with E-state index >= 15 is 0 Å². The monoisotopic (exact) mass is 363 g/mol. The smallest absolute Gasteiger partial charge is 0.258 e. The number of nitro benzene ring substituents is 1. The van der Waals surface area contributed by atoms with Gasteiger partial charge in [-0.3, -0.25) is 10.1 Å². The van der Waals surface area contributed by atoms with Crippen LogP contribution in [0.2, 0.25) is 0 Å². The molecule has 136 valence electrons. The van der Waals surface area contributed by atoms with Crippen LogP contribution in [0.25, 0.3) is 22.7 Å². The van der Waals surface area contributed by atoms with Crippen LogP contribution in [0.15, 0.2) is 30.3 Å². The lowest BCUT2D eigenvalue weighted by atomic mass is 10.2. The molecule has 0 aliphatic heterocycles. The van der Waals surface area contributed by atoms with Crippen LogP contribution in [0.1, 0.15) is 22.8 Å². The maximum Gasteiger partial charge on any atom is 0.271 e. The van der Waals surface area contributed by atoms with Crippen LogP contribution in [0.3, 0.4) is 0 Å². The highest BCUT2D eigenvalue weighted by atomic mass is 16.6. The van der Waals surface area contributed by atoms with Gasteiger partial charge in [0.25, 0.3) is 5.69 Å². The van der Waals surface area contributed by atoms with Gasteiger partial charge in [-0.2, -0.15) is 10.2 Å². The number of nitro groups is 1. The maximum atomic E-state index is 11.1. The van der Waals surface area contributed by atoms with Gasteiger partial charge in [0.1, 0.15) is 0 Å². The largest absolute Gasteiger partial charge is 0.271 e. The molecule has 0 amide bonds. The highest BCUT2D eigenvalue weighted by Crippen LogP contribution is 2.24. The molecule has 4 rings (SSSR count). The van der Waals surface area contributed by atoms with Crippen molar-refractivity contribution in [1.82, 2.24) is 29.5 Å². The van der Waals surface area contributed by atoms with Gasteiger partial charge in [-0.15, -0.1) is 0 Å². The van der Waals surface area contributed by atoms with Gasteiger partial charge in [0, 0.05) is 23.5 Å². The Morgan fingerprint density at radius 2 is 1.33 bits per heavy atom. The van der Waals surface area contributed by atoms with E-state index < -0.39 is 4.92 Å². The van der Waals surface area contributed by atoms with Crippen LogP contribution < -0.4 is 0 Å². The molecule has 0 radical (unpaired) electrons. The van der Waals surface area contributed by atoms with Crippen LogP contribution in [0.5, 0.6) is 0 Å². The van der Waals surface area contributed by atoms with Crippen molar-refractivity contribution in [3.8, 4) is 11.6 Å². The number of aromatic nitrogens is 6. The number of non-ortho nitro benzene ring substituents is 1. The molecule has 9 nitrogen and oxygen atoms in total. The third-order valence-corrected chi connectivity index (χ3v) is 4.24. The molecule has 0 aliphatic carbocycles. The molecule has 0 atom stereocenters. The standard InChI is InChI=1S/C18H17N7O2/c1-10-7-12(3)23(21-10)17-18(24-13(4)8-11(2)22-24)20-16-9-14(25(26)27)5-6-15(16)19-17/h5-9H,1-4H3. The summed E-state index contributed by atoms with van der Waals surface area (Å²) in [5, 5.41) is 20.1. The SMILES string of the molecule is Cc1cc(C)n(-c2nc3ccc([N+](=O)[O-])cc3nc2-n2nc(C)cc2C)n1. The van der Waals surface area contributed by atoms with Crippen LogP contribution in [-0.2, 0) is 0 Å². The summed E-state index contributed by atoms with van der Waals surface area (Å²) in [5.74, 6) is 0.993. The van der Waals surface area contributed by atoms with Gasteiger partial charge in [-0.1, -0.05) is 0 Å². The molecular formula is C18H17N7O2. The van der Waals surface area contributed by atoms with Crippen LogP contribution in [0.4, 0.5) is 5.69 Å². The van der Waals surface area contributed by atoms with E-state index in [0.29, 0.717) is 22.7 Å². The molecule has 27 heavy (non-hydrogen) atoms. The molecule has 3 aromatic heterocycles. The van der Waals surface area contributed by atoms with Gasteiger partial charge in [-0.25, -0.2) is 19.3 Å². The zero-order valence-electron chi connectivity index (χ0n) is 15.3. The van der Waals surface area contributed by atoms with Crippen LogP contribution in [-0.4, -0.2) is 34.5 Å². The topological polar surface area (TPSA) is 105 Å². The van der Waals surface area contributed by atoms with Crippen molar-refractivity contribution >= 4 is 16.7 Å². The number of hydrogen-bond acceptors (Lipinski definition) is 6. The molecule has 0 saturated carbocycles. The summed E-state index contributed by atoms with van der Waals surface area (Å²) in [6.45, 7) is 7.66. The van der Waals surface area contributed by atoms with E-state index in [2.05, 4.69) is 15.2 Å². The average Bonchev–Trinajstić information content (AvgIpc) is 3.13. The number of rotatable bonds is 3. The molecule has 0 unspecified atom stereocenters. The van der Waals surface area contributed by atoms with Gasteiger partial charge < -0.3 is 0 Å². The van der Waals surface area contributed by atoms with Crippen molar-refractivity contribution in [2.45, 2.75) is 27.7 Å². The minimum absolute atomic E-state index is 0.0324. The third kappa shape index (κ3) is 2.82. The Morgan fingerprint density at radius 1 is 0.815 bits per heavy atom. The number of nitrogens with zero attached hydrogens (tertiary/aromatic N) is 7. The van der Waals surface area contributed by atoms with Crippen molar-refractivity contribution in [1.29, 1.82) is 0 Å². The van der Waals surface area contributed by atoms with E-state index in [4.69, 9.17) is 4.98 Å². The maximum absolute atomic E-state index is 11.1. The molecule has 0 spiro atoms. The summed E-state index contributed by atoms with van der Waals surface area (Å²) < 4.78 is 3.40. The molecule has 4 aromatic rings. The van der Waals surface area contributed by atoms with Gasteiger partial charge in [0.15, 0.2) is 11.6 Å². The van der Waals surface area contributed by atoms with E-state index in [-0.39, 0.29) is 5.69 Å². The number of aryl methyl sites for hydroxylation is 4. The Hall–Kier alpha value is -3.62. The van der Waals surface area contributed by atoms with Gasteiger partial charge in [-0.05, 0) is 45.9 Å². The first-order valence-corrected chi connectivity index (χ1v) is 8.37. The fourth-order valence-electron chi connectivity index (χ4n) is 3.11. The summed E-state index contributed by atoms with van der Waals surface area (Å²) in [6, 6.07) is 8.32. The molecule has 0 aliphatic rings. The fourth-order valence-corrected chi connectivity index (χ4v) is 3.11. The van der Waals surface area contributed by atoms with Gasteiger partial charge >= 0.3 is 0 Å². The fraction of sp³-hybridized carbons (Fsp3) is 0.222. The summed E-state index contributed by atoms with van der Waals surface area (Å²) in [4.78, 5) is 20.0. The summed E-state index contributed by atoms with van der Waals surface area (Å²) in [6.07, 6.45) is 0. The van der Waals surface area contributed by atoms with Crippen molar-refractivity contribution < 1.29 is 4.92 Å². The Balaban J connectivity index is 2.06. The van der Waals surface area contributed by atoms with Crippen molar-refractivity contribution in [3.63, 3.8) is 0 Å². The van der Waals surface area contributed by atoms with Gasteiger partial charge in [0.05, 0.1) is 27.3 Å². The first-order valence-electron chi connectivity index (χ1n) is 8.37. The quantitative estimate of drug-likeness (QED) is 0.409. The second-order valence-corrected chi connectivity index (χ2v) is 6.48. The van der Waals surface area contributed by atoms with E-state index in [1.165, 1.54) is 12.1 Å². The normalized spacial score (nSPS) is 11.3. The minimum Gasteiger partial charge on any atom is -0.258 e. The summed E-state index contributed by atoms with van der Waals surface area (Å²) in [7, 11) is 0. The predicted molar refractivity (Wildman–Crippen MR) is 99.4 cm³/mol. The minimum atomic E-state index is -0.445. The molecular weight excluding hydrogens is 346 g/mol. The molecule has 1 aromatic carbocycles. The molecule has 0 bridgehead atoms. The molecule has 9 heteroatoms. The van der Waals surface area contributed by atoms with Crippen molar-refractivity contribution in [2.24, 2.45) is 0 Å². The molecule has 0 fully saturated rings. The van der Waals surface area contributed by atoms with E-state index in [0.717, 1.165) is 22.8 Å². The summed E-state index contributed by atoms with van der Waals surface area (Å²) >= 11 is 0. The highest BCUT2D eigenvalue weighted by molar-refractivity contribution is 5.79. The number of benzene rings is 1.